The topological polar surface area (TPSA) is 118 Å². The van der Waals surface area contributed by atoms with Crippen molar-refractivity contribution in [2.45, 2.75) is 84.3 Å². The maximum Gasteiger partial charge on any atom is 0.490 e. The molecule has 3 aromatic rings. The number of ether oxygens (including phenoxy) is 1. The lowest BCUT2D eigenvalue weighted by Crippen LogP contribution is -2.32. The van der Waals surface area contributed by atoms with E-state index in [4.69, 9.17) is 14.6 Å². The number of halogens is 3. The lowest BCUT2D eigenvalue weighted by molar-refractivity contribution is -0.192. The predicted octanol–water partition coefficient (Wildman–Crippen LogP) is 5.60. The number of alkyl halides is 3. The molecule has 0 saturated carbocycles. The van der Waals surface area contributed by atoms with Gasteiger partial charge in [0.1, 0.15) is 11.9 Å². The maximum atomic E-state index is 11.7. The van der Waals surface area contributed by atoms with Gasteiger partial charge in [0.25, 0.3) is 0 Å². The number of fused-ring (bicyclic) bond motifs is 1. The standard InChI is InChI=1S/C28H36N4O3.C2HF3O2/c1-4-26-19-31(16-23-8-6-7-9-27(23)35-26)17-24-14-21(11-10-20(24)3)22(15-28(33)34)12-13-25-18-32(5-2)30-29-25;3-2(4,5)1(6)7/h6-11,14,18,22,26H,4-5,12-13,15-17,19H2,1-3H3,(H,33,34);(H,6,7). The fourth-order valence-corrected chi connectivity index (χ4v) is 4.78. The van der Waals surface area contributed by atoms with E-state index in [0.29, 0.717) is 6.42 Å². The highest BCUT2D eigenvalue weighted by atomic mass is 19.4. The summed E-state index contributed by atoms with van der Waals surface area (Å²) in [5, 5.41) is 25.1. The van der Waals surface area contributed by atoms with Crippen LogP contribution in [0.1, 0.15) is 67.0 Å². The van der Waals surface area contributed by atoms with Crippen LogP contribution in [0.2, 0.25) is 0 Å². The number of rotatable bonds is 10. The molecule has 2 unspecified atom stereocenters. The second-order valence-electron chi connectivity index (χ2n) is 10.3. The van der Waals surface area contributed by atoms with E-state index >= 15 is 0 Å². The Bertz CT molecular complexity index is 1340. The Morgan fingerprint density at radius 3 is 2.48 bits per heavy atom. The van der Waals surface area contributed by atoms with Crippen molar-refractivity contribution < 1.29 is 37.7 Å². The van der Waals surface area contributed by atoms with E-state index in [9.17, 15) is 23.1 Å². The Hall–Kier alpha value is -3.93. The number of aliphatic carboxylic acids is 2. The summed E-state index contributed by atoms with van der Waals surface area (Å²) >= 11 is 0. The molecule has 4 rings (SSSR count). The number of carboxylic acids is 2. The fraction of sp³-hybridized carbons (Fsp3) is 0.467. The number of para-hydroxylation sites is 1. The van der Waals surface area contributed by atoms with Crippen LogP contribution in [0.25, 0.3) is 0 Å². The molecule has 1 aromatic heterocycles. The number of aryl methyl sites for hydroxylation is 3. The zero-order valence-electron chi connectivity index (χ0n) is 24.0. The van der Waals surface area contributed by atoms with Crippen LogP contribution in [0.4, 0.5) is 13.2 Å². The molecule has 0 saturated heterocycles. The highest BCUT2D eigenvalue weighted by Crippen LogP contribution is 2.30. The normalized spacial score (nSPS) is 15.9. The van der Waals surface area contributed by atoms with Crippen LogP contribution in [-0.2, 0) is 35.6 Å². The van der Waals surface area contributed by atoms with Gasteiger partial charge in [0.2, 0.25) is 0 Å². The van der Waals surface area contributed by atoms with Gasteiger partial charge < -0.3 is 14.9 Å². The van der Waals surface area contributed by atoms with Crippen molar-refractivity contribution in [2.75, 3.05) is 6.54 Å². The number of benzene rings is 2. The van der Waals surface area contributed by atoms with Crippen LogP contribution in [0.5, 0.6) is 5.75 Å². The van der Waals surface area contributed by atoms with Crippen LogP contribution < -0.4 is 4.74 Å². The number of carbonyl (C=O) groups is 2. The van der Waals surface area contributed by atoms with Gasteiger partial charge in [0.05, 0.1) is 12.1 Å². The van der Waals surface area contributed by atoms with E-state index in [0.717, 1.165) is 56.0 Å². The molecule has 2 heterocycles. The molecule has 2 atom stereocenters. The molecule has 0 radical (unpaired) electrons. The summed E-state index contributed by atoms with van der Waals surface area (Å²) in [5.41, 5.74) is 5.66. The Morgan fingerprint density at radius 2 is 1.86 bits per heavy atom. The summed E-state index contributed by atoms with van der Waals surface area (Å²) in [4.78, 5) is 23.0. The first-order chi connectivity index (χ1) is 19.9. The molecule has 1 aliphatic rings. The van der Waals surface area contributed by atoms with Gasteiger partial charge in [-0.25, -0.2) is 4.79 Å². The maximum absolute atomic E-state index is 11.7. The third-order valence-electron chi connectivity index (χ3n) is 7.14. The molecule has 42 heavy (non-hydrogen) atoms. The Morgan fingerprint density at radius 1 is 1.14 bits per heavy atom. The van der Waals surface area contributed by atoms with Crippen molar-refractivity contribution >= 4 is 11.9 Å². The average Bonchev–Trinajstić information content (AvgIpc) is 3.32. The second kappa shape index (κ2) is 14.8. The highest BCUT2D eigenvalue weighted by molar-refractivity contribution is 5.73. The first-order valence-corrected chi connectivity index (χ1v) is 13.9. The zero-order chi connectivity index (χ0) is 30.9. The first-order valence-electron chi connectivity index (χ1n) is 13.9. The molecular formula is C30H37F3N4O5. The number of carboxylic acid groups (broad SMARTS) is 2. The van der Waals surface area contributed by atoms with Gasteiger partial charge in [-0.05, 0) is 61.8 Å². The summed E-state index contributed by atoms with van der Waals surface area (Å²) in [7, 11) is 0. The number of hydrogen-bond donors (Lipinski definition) is 2. The van der Waals surface area contributed by atoms with Crippen LogP contribution in [0.3, 0.4) is 0 Å². The Labute approximate surface area is 242 Å². The van der Waals surface area contributed by atoms with Crippen molar-refractivity contribution in [1.29, 1.82) is 0 Å². The molecule has 2 aromatic carbocycles. The fourth-order valence-electron chi connectivity index (χ4n) is 4.78. The molecule has 0 spiro atoms. The average molecular weight is 591 g/mol. The minimum atomic E-state index is -5.08. The largest absolute Gasteiger partial charge is 0.490 e. The Balaban J connectivity index is 0.000000616. The van der Waals surface area contributed by atoms with Crippen LogP contribution in [-0.4, -0.2) is 60.9 Å². The lowest BCUT2D eigenvalue weighted by Gasteiger charge is -2.25. The van der Waals surface area contributed by atoms with Crippen molar-refractivity contribution in [3.05, 3.63) is 76.6 Å². The molecule has 0 aliphatic carbocycles. The van der Waals surface area contributed by atoms with Gasteiger partial charge in [-0.15, -0.1) is 5.10 Å². The SMILES string of the molecule is CCC1CN(Cc2cc(C(CCc3cn(CC)nn3)CC(=O)O)ccc2C)Cc2ccccc2O1.O=C(O)C(F)(F)F. The van der Waals surface area contributed by atoms with Crippen LogP contribution in [0, 0.1) is 6.92 Å². The van der Waals surface area contributed by atoms with E-state index < -0.39 is 18.1 Å². The highest BCUT2D eigenvalue weighted by Gasteiger charge is 2.38. The first kappa shape index (κ1) is 32.6. The van der Waals surface area contributed by atoms with Gasteiger partial charge in [-0.1, -0.05) is 48.5 Å². The monoisotopic (exact) mass is 590 g/mol. The van der Waals surface area contributed by atoms with Crippen molar-refractivity contribution in [2.24, 2.45) is 0 Å². The summed E-state index contributed by atoms with van der Waals surface area (Å²) in [6, 6.07) is 14.7. The van der Waals surface area contributed by atoms with Gasteiger partial charge in [-0.3, -0.25) is 14.4 Å². The molecule has 2 N–H and O–H groups in total. The zero-order valence-corrected chi connectivity index (χ0v) is 24.0. The molecule has 9 nitrogen and oxygen atoms in total. The van der Waals surface area contributed by atoms with E-state index in [2.05, 4.69) is 65.5 Å². The molecule has 12 heteroatoms. The minimum absolute atomic E-state index is 0.0739. The third kappa shape index (κ3) is 9.57. The lowest BCUT2D eigenvalue weighted by atomic mass is 9.88. The van der Waals surface area contributed by atoms with Crippen molar-refractivity contribution in [3.8, 4) is 5.75 Å². The van der Waals surface area contributed by atoms with E-state index in [1.807, 2.05) is 19.2 Å². The van der Waals surface area contributed by atoms with Gasteiger partial charge in [0, 0.05) is 37.9 Å². The Kier molecular flexibility index (Phi) is 11.5. The quantitative estimate of drug-likeness (QED) is 0.313. The summed E-state index contributed by atoms with van der Waals surface area (Å²) in [6.45, 7) is 9.60. The number of aromatic nitrogens is 3. The second-order valence-corrected chi connectivity index (χ2v) is 10.3. The third-order valence-corrected chi connectivity index (χ3v) is 7.14. The van der Waals surface area contributed by atoms with E-state index in [-0.39, 0.29) is 18.4 Å². The summed E-state index contributed by atoms with van der Waals surface area (Å²) in [5.74, 6) is -2.63. The van der Waals surface area contributed by atoms with Crippen LogP contribution >= 0.6 is 0 Å². The van der Waals surface area contributed by atoms with E-state index in [1.54, 1.807) is 4.68 Å². The molecule has 228 valence electrons. The van der Waals surface area contributed by atoms with Crippen molar-refractivity contribution in [1.82, 2.24) is 19.9 Å². The summed E-state index contributed by atoms with van der Waals surface area (Å²) < 4.78 is 39.8. The van der Waals surface area contributed by atoms with Crippen molar-refractivity contribution in [3.63, 3.8) is 0 Å². The van der Waals surface area contributed by atoms with Gasteiger partial charge in [0.15, 0.2) is 0 Å². The molecule has 1 aliphatic heterocycles. The minimum Gasteiger partial charge on any atom is -0.489 e. The molecule has 0 fully saturated rings. The molecule has 0 amide bonds. The van der Waals surface area contributed by atoms with Gasteiger partial charge in [-0.2, -0.15) is 13.2 Å². The summed E-state index contributed by atoms with van der Waals surface area (Å²) in [6.07, 6.45) is -0.500. The molecule has 0 bridgehead atoms. The number of nitrogens with zero attached hydrogens (tertiary/aromatic N) is 4. The predicted molar refractivity (Wildman–Crippen MR) is 149 cm³/mol. The smallest absolute Gasteiger partial charge is 0.489 e. The van der Waals surface area contributed by atoms with Crippen LogP contribution in [0.15, 0.2) is 48.7 Å². The van der Waals surface area contributed by atoms with Gasteiger partial charge >= 0.3 is 18.1 Å². The molecular weight excluding hydrogens is 553 g/mol. The van der Waals surface area contributed by atoms with E-state index in [1.165, 1.54) is 16.7 Å². The number of hydrogen-bond acceptors (Lipinski definition) is 6.